The molecule has 0 amide bonds. The molecule has 88 valence electrons. The Bertz CT molecular complexity index is 323. The third kappa shape index (κ3) is 3.80. The molecule has 0 spiro atoms. The van der Waals surface area contributed by atoms with E-state index < -0.39 is 0 Å². The Hall–Kier alpha value is -0.540. The van der Waals surface area contributed by atoms with Crippen molar-refractivity contribution in [3.8, 4) is 0 Å². The number of halogens is 1. The van der Waals surface area contributed by atoms with E-state index in [1.54, 1.807) is 12.1 Å². The first-order valence-electron chi connectivity index (χ1n) is 5.91. The Labute approximate surface area is 101 Å². The third-order valence-electron chi connectivity index (χ3n) is 2.88. The summed E-state index contributed by atoms with van der Waals surface area (Å²) in [5, 5.41) is 4.16. The number of piperidine rings is 1. The number of aryl methyl sites for hydroxylation is 1. The number of benzene rings is 1. The fraction of sp³-hybridized carbons (Fsp3) is 0.538. The fourth-order valence-electron chi connectivity index (χ4n) is 2.00. The lowest BCUT2D eigenvalue weighted by atomic mass is 10.2. The molecule has 1 heterocycles. The minimum absolute atomic E-state index is 0.123. The Morgan fingerprint density at radius 1 is 1.44 bits per heavy atom. The molecule has 1 aliphatic heterocycles. The maximum Gasteiger partial charge on any atom is 0.123 e. The van der Waals surface area contributed by atoms with E-state index in [2.05, 4.69) is 5.32 Å². The van der Waals surface area contributed by atoms with Crippen molar-refractivity contribution in [2.45, 2.75) is 24.5 Å². The number of rotatable bonds is 4. The van der Waals surface area contributed by atoms with Gasteiger partial charge in [0.15, 0.2) is 0 Å². The van der Waals surface area contributed by atoms with Crippen LogP contribution in [0, 0.1) is 5.82 Å². The van der Waals surface area contributed by atoms with Crippen molar-refractivity contribution >= 4 is 11.8 Å². The molecule has 1 saturated heterocycles. The summed E-state index contributed by atoms with van der Waals surface area (Å²) in [4.78, 5) is 0. The molecule has 3 heteroatoms. The molecule has 1 N–H and O–H groups in total. The predicted molar refractivity (Wildman–Crippen MR) is 68.5 cm³/mol. The molecule has 0 saturated carbocycles. The van der Waals surface area contributed by atoms with Gasteiger partial charge in [-0.15, -0.1) is 0 Å². The van der Waals surface area contributed by atoms with Crippen molar-refractivity contribution in [2.24, 2.45) is 0 Å². The Morgan fingerprint density at radius 3 is 3.12 bits per heavy atom. The summed E-state index contributed by atoms with van der Waals surface area (Å²) in [7, 11) is 0. The number of nitrogens with one attached hydrogen (secondary N) is 1. The number of thioether (sulfide) groups is 1. The summed E-state index contributed by atoms with van der Waals surface area (Å²) in [6, 6.07) is 6.93. The van der Waals surface area contributed by atoms with E-state index in [1.807, 2.05) is 17.8 Å². The van der Waals surface area contributed by atoms with E-state index in [4.69, 9.17) is 0 Å². The van der Waals surface area contributed by atoms with Crippen LogP contribution in [0.15, 0.2) is 24.3 Å². The fourth-order valence-corrected chi connectivity index (χ4v) is 3.25. The predicted octanol–water partition coefficient (Wildman–Crippen LogP) is 2.85. The minimum atomic E-state index is -0.123. The van der Waals surface area contributed by atoms with Crippen molar-refractivity contribution in [3.05, 3.63) is 35.6 Å². The standard InChI is InChI=1S/C13H18FNS/c14-12-4-1-3-11(9-12)6-8-16-13-5-2-7-15-10-13/h1,3-4,9,13,15H,2,5-8,10H2. The van der Waals surface area contributed by atoms with Crippen LogP contribution in [-0.2, 0) is 6.42 Å². The summed E-state index contributed by atoms with van der Waals surface area (Å²) in [5.41, 5.74) is 1.11. The molecule has 1 aromatic rings. The van der Waals surface area contributed by atoms with Gasteiger partial charge in [0.05, 0.1) is 0 Å². The van der Waals surface area contributed by atoms with Crippen molar-refractivity contribution < 1.29 is 4.39 Å². The second-order valence-electron chi connectivity index (χ2n) is 4.22. The van der Waals surface area contributed by atoms with Crippen molar-refractivity contribution in [1.82, 2.24) is 5.32 Å². The van der Waals surface area contributed by atoms with Gasteiger partial charge in [0, 0.05) is 11.8 Å². The van der Waals surface area contributed by atoms with Crippen LogP contribution >= 0.6 is 11.8 Å². The summed E-state index contributed by atoms with van der Waals surface area (Å²) < 4.78 is 12.9. The lowest BCUT2D eigenvalue weighted by molar-refractivity contribution is 0.531. The summed E-state index contributed by atoms with van der Waals surface area (Å²) in [5.74, 6) is 0.970. The quantitative estimate of drug-likeness (QED) is 0.867. The van der Waals surface area contributed by atoms with E-state index in [-0.39, 0.29) is 5.82 Å². The van der Waals surface area contributed by atoms with Crippen LogP contribution in [0.2, 0.25) is 0 Å². The van der Waals surface area contributed by atoms with Crippen LogP contribution < -0.4 is 5.32 Å². The Morgan fingerprint density at radius 2 is 2.38 bits per heavy atom. The molecule has 1 nitrogen and oxygen atoms in total. The largest absolute Gasteiger partial charge is 0.316 e. The SMILES string of the molecule is Fc1cccc(CCSC2CCCNC2)c1. The molecule has 1 atom stereocenters. The highest BCUT2D eigenvalue weighted by atomic mass is 32.2. The monoisotopic (exact) mass is 239 g/mol. The summed E-state index contributed by atoms with van der Waals surface area (Å²) in [6.07, 6.45) is 3.58. The zero-order valence-electron chi connectivity index (χ0n) is 9.42. The van der Waals surface area contributed by atoms with Crippen LogP contribution in [0.1, 0.15) is 18.4 Å². The van der Waals surface area contributed by atoms with Crippen molar-refractivity contribution in [3.63, 3.8) is 0 Å². The van der Waals surface area contributed by atoms with Crippen LogP contribution in [0.5, 0.6) is 0 Å². The van der Waals surface area contributed by atoms with Crippen LogP contribution in [-0.4, -0.2) is 24.1 Å². The Kier molecular flexibility index (Phi) is 4.67. The molecule has 1 unspecified atom stereocenters. The highest BCUT2D eigenvalue weighted by Crippen LogP contribution is 2.19. The highest BCUT2D eigenvalue weighted by Gasteiger charge is 2.12. The van der Waals surface area contributed by atoms with Gasteiger partial charge in [-0.05, 0) is 49.3 Å². The van der Waals surface area contributed by atoms with Crippen LogP contribution in [0.4, 0.5) is 4.39 Å². The maximum atomic E-state index is 12.9. The van der Waals surface area contributed by atoms with E-state index in [0.29, 0.717) is 0 Å². The van der Waals surface area contributed by atoms with Gasteiger partial charge < -0.3 is 5.32 Å². The molecular formula is C13H18FNS. The molecule has 2 rings (SSSR count). The molecule has 1 aromatic carbocycles. The van der Waals surface area contributed by atoms with Gasteiger partial charge in [0.1, 0.15) is 5.82 Å². The average Bonchev–Trinajstić information content (AvgIpc) is 2.30. The van der Waals surface area contributed by atoms with Crippen molar-refractivity contribution in [1.29, 1.82) is 0 Å². The smallest absolute Gasteiger partial charge is 0.123 e. The van der Waals surface area contributed by atoms with E-state index in [9.17, 15) is 4.39 Å². The molecule has 0 aromatic heterocycles. The minimum Gasteiger partial charge on any atom is -0.316 e. The van der Waals surface area contributed by atoms with E-state index >= 15 is 0 Å². The van der Waals surface area contributed by atoms with E-state index in [1.165, 1.54) is 25.5 Å². The Balaban J connectivity index is 1.71. The van der Waals surface area contributed by atoms with Gasteiger partial charge in [-0.25, -0.2) is 4.39 Å². The van der Waals surface area contributed by atoms with Gasteiger partial charge in [-0.3, -0.25) is 0 Å². The number of hydrogen-bond acceptors (Lipinski definition) is 2. The summed E-state index contributed by atoms with van der Waals surface area (Å²) in [6.45, 7) is 2.30. The first-order chi connectivity index (χ1) is 7.84. The molecule has 0 bridgehead atoms. The van der Waals surface area contributed by atoms with Crippen molar-refractivity contribution in [2.75, 3.05) is 18.8 Å². The summed E-state index contributed by atoms with van der Waals surface area (Å²) >= 11 is 2.01. The molecular weight excluding hydrogens is 221 g/mol. The molecule has 16 heavy (non-hydrogen) atoms. The lowest BCUT2D eigenvalue weighted by Crippen LogP contribution is -2.31. The van der Waals surface area contributed by atoms with E-state index in [0.717, 1.165) is 29.5 Å². The van der Waals surface area contributed by atoms with Crippen LogP contribution in [0.3, 0.4) is 0 Å². The average molecular weight is 239 g/mol. The lowest BCUT2D eigenvalue weighted by Gasteiger charge is -2.22. The second-order valence-corrected chi connectivity index (χ2v) is 5.63. The maximum absolute atomic E-state index is 12.9. The zero-order valence-corrected chi connectivity index (χ0v) is 10.2. The number of hydrogen-bond donors (Lipinski definition) is 1. The first kappa shape index (κ1) is 11.9. The molecule has 1 aliphatic rings. The van der Waals surface area contributed by atoms with Gasteiger partial charge in [0.2, 0.25) is 0 Å². The van der Waals surface area contributed by atoms with Gasteiger partial charge in [-0.2, -0.15) is 11.8 Å². The van der Waals surface area contributed by atoms with Gasteiger partial charge in [-0.1, -0.05) is 12.1 Å². The zero-order chi connectivity index (χ0) is 11.2. The molecule has 0 aliphatic carbocycles. The van der Waals surface area contributed by atoms with Gasteiger partial charge in [0.25, 0.3) is 0 Å². The molecule has 0 radical (unpaired) electrons. The molecule has 1 fully saturated rings. The third-order valence-corrected chi connectivity index (χ3v) is 4.20. The van der Waals surface area contributed by atoms with Gasteiger partial charge >= 0.3 is 0 Å². The first-order valence-corrected chi connectivity index (χ1v) is 6.96. The topological polar surface area (TPSA) is 12.0 Å². The normalized spacial score (nSPS) is 20.9. The highest BCUT2D eigenvalue weighted by molar-refractivity contribution is 7.99. The van der Waals surface area contributed by atoms with Crippen LogP contribution in [0.25, 0.3) is 0 Å². The second kappa shape index (κ2) is 6.26.